The Morgan fingerprint density at radius 3 is 2.80 bits per heavy atom. The van der Waals surface area contributed by atoms with Gasteiger partial charge in [-0.3, -0.25) is 0 Å². The van der Waals surface area contributed by atoms with Crippen LogP contribution in [-0.2, 0) is 4.74 Å². The molecule has 0 amide bonds. The summed E-state index contributed by atoms with van der Waals surface area (Å²) in [4.78, 5) is 16.9. The monoisotopic (exact) mass is 300 g/mol. The molecular weight excluding hydrogens is 284 g/mol. The molecule has 0 atom stereocenters. The number of halogens is 1. The molecule has 0 spiro atoms. The van der Waals surface area contributed by atoms with Gasteiger partial charge in [-0.15, -0.1) is 0 Å². The van der Waals surface area contributed by atoms with E-state index in [9.17, 15) is 9.90 Å². The number of pyridine rings is 1. The van der Waals surface area contributed by atoms with Gasteiger partial charge in [0.05, 0.1) is 16.2 Å². The van der Waals surface area contributed by atoms with Gasteiger partial charge >= 0.3 is 5.97 Å². The van der Waals surface area contributed by atoms with Gasteiger partial charge in [0, 0.05) is 45.8 Å². The molecule has 1 saturated heterocycles. The third-order valence-corrected chi connectivity index (χ3v) is 3.72. The fourth-order valence-corrected chi connectivity index (χ4v) is 2.42. The molecule has 110 valence electrons. The van der Waals surface area contributed by atoms with Gasteiger partial charge in [-0.1, -0.05) is 11.6 Å². The zero-order valence-electron chi connectivity index (χ0n) is 11.2. The van der Waals surface area contributed by atoms with E-state index in [1.165, 1.54) is 12.3 Å². The summed E-state index contributed by atoms with van der Waals surface area (Å²) >= 11 is 5.79. The molecule has 6 nitrogen and oxygen atoms in total. The SMILES string of the molecule is CN(CC1(O)CCOCC1)c1cc(C(=O)O)c(Cl)cn1. The summed E-state index contributed by atoms with van der Waals surface area (Å²) in [5.74, 6) is -0.636. The first-order valence-corrected chi connectivity index (χ1v) is 6.69. The zero-order valence-corrected chi connectivity index (χ0v) is 11.9. The molecule has 0 saturated carbocycles. The van der Waals surface area contributed by atoms with Crippen LogP contribution in [0.4, 0.5) is 5.82 Å². The maximum absolute atomic E-state index is 11.1. The average Bonchev–Trinajstić information content (AvgIpc) is 2.39. The van der Waals surface area contributed by atoms with Crippen molar-refractivity contribution < 1.29 is 19.7 Å². The maximum Gasteiger partial charge on any atom is 0.337 e. The number of likely N-dealkylation sites (N-methyl/N-ethyl adjacent to an activating group) is 1. The highest BCUT2D eigenvalue weighted by atomic mass is 35.5. The summed E-state index contributed by atoms with van der Waals surface area (Å²) in [6.45, 7) is 1.42. The van der Waals surface area contributed by atoms with E-state index >= 15 is 0 Å². The first-order valence-electron chi connectivity index (χ1n) is 6.31. The van der Waals surface area contributed by atoms with E-state index in [0.29, 0.717) is 38.4 Å². The van der Waals surface area contributed by atoms with Gasteiger partial charge in [0.25, 0.3) is 0 Å². The number of hydrogen-bond acceptors (Lipinski definition) is 5. The molecule has 1 aromatic heterocycles. The quantitative estimate of drug-likeness (QED) is 0.875. The predicted molar refractivity (Wildman–Crippen MR) is 74.5 cm³/mol. The van der Waals surface area contributed by atoms with Gasteiger partial charge < -0.3 is 19.8 Å². The van der Waals surface area contributed by atoms with Crippen LogP contribution in [0.2, 0.25) is 5.02 Å². The van der Waals surface area contributed by atoms with E-state index in [1.54, 1.807) is 11.9 Å². The zero-order chi connectivity index (χ0) is 14.8. The number of aromatic carboxylic acids is 1. The van der Waals surface area contributed by atoms with Gasteiger partial charge in [0.15, 0.2) is 0 Å². The van der Waals surface area contributed by atoms with Crippen molar-refractivity contribution in [3.05, 3.63) is 22.8 Å². The van der Waals surface area contributed by atoms with Crippen LogP contribution in [0, 0.1) is 0 Å². The minimum Gasteiger partial charge on any atom is -0.478 e. The smallest absolute Gasteiger partial charge is 0.337 e. The van der Waals surface area contributed by atoms with E-state index in [2.05, 4.69) is 4.98 Å². The first-order chi connectivity index (χ1) is 9.41. The minimum atomic E-state index is -1.10. The molecule has 1 aromatic rings. The standard InChI is InChI=1S/C13H17ClN2O4/c1-16(8-13(19)2-4-20-5-3-13)11-6-9(12(17)18)10(14)7-15-11/h6-7,19H,2-5,8H2,1H3,(H,17,18). The summed E-state index contributed by atoms with van der Waals surface area (Å²) in [6.07, 6.45) is 2.41. The molecule has 0 radical (unpaired) electrons. The molecule has 0 aromatic carbocycles. The van der Waals surface area contributed by atoms with Crippen LogP contribution in [0.25, 0.3) is 0 Å². The summed E-state index contributed by atoms with van der Waals surface area (Å²) in [6, 6.07) is 1.41. The summed E-state index contributed by atoms with van der Waals surface area (Å²) in [5.41, 5.74) is -0.833. The van der Waals surface area contributed by atoms with Crippen molar-refractivity contribution in [3.63, 3.8) is 0 Å². The lowest BCUT2D eigenvalue weighted by Gasteiger charge is -2.35. The fraction of sp³-hybridized carbons (Fsp3) is 0.538. The van der Waals surface area contributed by atoms with E-state index < -0.39 is 11.6 Å². The van der Waals surface area contributed by atoms with Crippen molar-refractivity contribution >= 4 is 23.4 Å². The van der Waals surface area contributed by atoms with Crippen LogP contribution in [0.3, 0.4) is 0 Å². The van der Waals surface area contributed by atoms with Crippen LogP contribution in [-0.4, -0.2) is 53.6 Å². The molecule has 0 bridgehead atoms. The molecule has 0 aliphatic carbocycles. The Morgan fingerprint density at radius 2 is 2.20 bits per heavy atom. The molecule has 7 heteroatoms. The molecule has 0 unspecified atom stereocenters. The minimum absolute atomic E-state index is 0.00230. The second-order valence-electron chi connectivity index (χ2n) is 5.02. The number of rotatable bonds is 4. The fourth-order valence-electron chi connectivity index (χ4n) is 2.23. The molecule has 2 heterocycles. The molecule has 2 N–H and O–H groups in total. The molecule has 2 rings (SSSR count). The summed E-state index contributed by atoms with van der Waals surface area (Å²) in [5, 5.41) is 19.6. The number of nitrogens with zero attached hydrogens (tertiary/aromatic N) is 2. The second-order valence-corrected chi connectivity index (χ2v) is 5.43. The normalized spacial score (nSPS) is 17.8. The highest BCUT2D eigenvalue weighted by molar-refractivity contribution is 6.33. The number of aromatic nitrogens is 1. The Hall–Kier alpha value is -1.37. The van der Waals surface area contributed by atoms with E-state index in [-0.39, 0.29) is 10.6 Å². The lowest BCUT2D eigenvalue weighted by atomic mass is 9.94. The second kappa shape index (κ2) is 5.95. The van der Waals surface area contributed by atoms with Crippen molar-refractivity contribution in [2.45, 2.75) is 18.4 Å². The van der Waals surface area contributed by atoms with Crippen LogP contribution >= 0.6 is 11.6 Å². The number of aliphatic hydroxyl groups is 1. The Balaban J connectivity index is 2.14. The number of ether oxygens (including phenoxy) is 1. The van der Waals surface area contributed by atoms with Gasteiger partial charge in [-0.2, -0.15) is 0 Å². The highest BCUT2D eigenvalue weighted by Gasteiger charge is 2.31. The van der Waals surface area contributed by atoms with E-state index in [0.717, 1.165) is 0 Å². The lowest BCUT2D eigenvalue weighted by molar-refractivity contribution is -0.0573. The van der Waals surface area contributed by atoms with Gasteiger partial charge in [0.1, 0.15) is 5.82 Å². The van der Waals surface area contributed by atoms with Gasteiger partial charge in [-0.25, -0.2) is 9.78 Å². The average molecular weight is 301 g/mol. The number of carboxylic acids is 1. The maximum atomic E-state index is 11.1. The third kappa shape index (κ3) is 3.39. The molecular formula is C13H17ClN2O4. The number of carbonyl (C=O) groups is 1. The van der Waals surface area contributed by atoms with Crippen LogP contribution in [0.15, 0.2) is 12.3 Å². The van der Waals surface area contributed by atoms with Gasteiger partial charge in [0.2, 0.25) is 0 Å². The van der Waals surface area contributed by atoms with Crippen molar-refractivity contribution in [3.8, 4) is 0 Å². The number of anilines is 1. The molecule has 1 fully saturated rings. The number of carboxylic acid groups (broad SMARTS) is 1. The van der Waals surface area contributed by atoms with Crippen LogP contribution in [0.1, 0.15) is 23.2 Å². The van der Waals surface area contributed by atoms with Gasteiger partial charge in [-0.05, 0) is 6.07 Å². The first kappa shape index (κ1) is 15.0. The Labute approximate surface area is 121 Å². The van der Waals surface area contributed by atoms with Crippen molar-refractivity contribution in [1.82, 2.24) is 4.98 Å². The lowest BCUT2D eigenvalue weighted by Crippen LogP contribution is -2.46. The van der Waals surface area contributed by atoms with Crippen LogP contribution in [0.5, 0.6) is 0 Å². The summed E-state index contributed by atoms with van der Waals surface area (Å²) < 4.78 is 5.23. The van der Waals surface area contributed by atoms with Crippen LogP contribution < -0.4 is 4.90 Å². The Morgan fingerprint density at radius 1 is 1.55 bits per heavy atom. The van der Waals surface area contributed by atoms with Crippen molar-refractivity contribution in [2.24, 2.45) is 0 Å². The topological polar surface area (TPSA) is 82.9 Å². The van der Waals surface area contributed by atoms with E-state index in [1.807, 2.05) is 0 Å². The van der Waals surface area contributed by atoms with Crippen molar-refractivity contribution in [1.29, 1.82) is 0 Å². The molecule has 1 aliphatic rings. The predicted octanol–water partition coefficient (Wildman–Crippen LogP) is 1.41. The largest absolute Gasteiger partial charge is 0.478 e. The summed E-state index contributed by atoms with van der Waals surface area (Å²) in [7, 11) is 1.76. The van der Waals surface area contributed by atoms with E-state index in [4.69, 9.17) is 21.4 Å². The number of hydrogen-bond donors (Lipinski definition) is 2. The third-order valence-electron chi connectivity index (χ3n) is 3.42. The van der Waals surface area contributed by atoms with Crippen molar-refractivity contribution in [2.75, 3.05) is 31.7 Å². The Bertz CT molecular complexity index is 503. The Kier molecular flexibility index (Phi) is 4.47. The molecule has 1 aliphatic heterocycles. The highest BCUT2D eigenvalue weighted by Crippen LogP contribution is 2.25. The molecule has 20 heavy (non-hydrogen) atoms.